The Balaban J connectivity index is 2.97. The summed E-state index contributed by atoms with van der Waals surface area (Å²) in [5.41, 5.74) is -0.108. The summed E-state index contributed by atoms with van der Waals surface area (Å²) in [6, 6.07) is 0. The lowest BCUT2D eigenvalue weighted by Crippen LogP contribution is -2.40. The van der Waals surface area contributed by atoms with Gasteiger partial charge in [-0.05, 0) is 31.1 Å². The van der Waals surface area contributed by atoms with Crippen LogP contribution in [0.1, 0.15) is 59.3 Å². The van der Waals surface area contributed by atoms with Crippen LogP contribution < -0.4 is 5.32 Å². The predicted molar refractivity (Wildman–Crippen MR) is 72.8 cm³/mol. The molecule has 1 N–H and O–H groups in total. The normalized spacial score (nSPS) is 28.0. The lowest BCUT2D eigenvalue weighted by atomic mass is 9.69. The minimum atomic E-state index is -0.284. The van der Waals surface area contributed by atoms with Crippen molar-refractivity contribution in [1.82, 2.24) is 5.32 Å². The molecule has 1 atom stereocenters. The topological polar surface area (TPSA) is 29.1 Å². The molecular formula is C15H27NO. The van der Waals surface area contributed by atoms with Gasteiger partial charge in [0.05, 0.1) is 5.41 Å². The number of hydrogen-bond acceptors (Lipinski definition) is 1. The smallest absolute Gasteiger partial charge is 0.229 e. The van der Waals surface area contributed by atoms with E-state index in [1.807, 2.05) is 0 Å². The highest BCUT2D eigenvalue weighted by Gasteiger charge is 2.38. The van der Waals surface area contributed by atoms with Crippen molar-refractivity contribution in [3.63, 3.8) is 0 Å². The number of nitrogens with one attached hydrogen (secondary N) is 1. The Labute approximate surface area is 106 Å². The van der Waals surface area contributed by atoms with Gasteiger partial charge in [-0.15, -0.1) is 0 Å². The van der Waals surface area contributed by atoms with Crippen LogP contribution in [0.3, 0.4) is 0 Å². The highest BCUT2D eigenvalue weighted by Crippen LogP contribution is 2.40. The molecule has 1 unspecified atom stereocenters. The Morgan fingerprint density at radius 2 is 2.00 bits per heavy atom. The third kappa shape index (κ3) is 4.18. The van der Waals surface area contributed by atoms with Crippen LogP contribution in [0.15, 0.2) is 12.2 Å². The molecule has 0 saturated carbocycles. The van der Waals surface area contributed by atoms with Crippen LogP contribution in [0.5, 0.6) is 0 Å². The van der Waals surface area contributed by atoms with E-state index >= 15 is 0 Å². The van der Waals surface area contributed by atoms with E-state index in [1.165, 1.54) is 12.8 Å². The molecule has 0 aromatic rings. The first-order chi connectivity index (χ1) is 7.90. The van der Waals surface area contributed by atoms with E-state index in [-0.39, 0.29) is 16.7 Å². The van der Waals surface area contributed by atoms with E-state index in [4.69, 9.17) is 0 Å². The van der Waals surface area contributed by atoms with Gasteiger partial charge in [0.2, 0.25) is 5.91 Å². The van der Waals surface area contributed by atoms with Gasteiger partial charge in [-0.2, -0.15) is 0 Å². The molecule has 1 aliphatic carbocycles. The molecule has 17 heavy (non-hydrogen) atoms. The highest BCUT2D eigenvalue weighted by atomic mass is 16.2. The zero-order valence-corrected chi connectivity index (χ0v) is 11.8. The van der Waals surface area contributed by atoms with Crippen molar-refractivity contribution in [3.8, 4) is 0 Å². The minimum absolute atomic E-state index is 0.177. The van der Waals surface area contributed by atoms with E-state index in [0.29, 0.717) is 0 Å². The second kappa shape index (κ2) is 5.70. The van der Waals surface area contributed by atoms with Crippen LogP contribution in [-0.2, 0) is 4.79 Å². The molecule has 0 aromatic heterocycles. The molecule has 1 aliphatic rings. The molecule has 0 heterocycles. The first-order valence-corrected chi connectivity index (χ1v) is 6.80. The number of hydrogen-bond donors (Lipinski definition) is 1. The van der Waals surface area contributed by atoms with Crippen molar-refractivity contribution < 1.29 is 4.79 Å². The van der Waals surface area contributed by atoms with Gasteiger partial charge in [-0.1, -0.05) is 45.8 Å². The van der Waals surface area contributed by atoms with Crippen molar-refractivity contribution in [3.05, 3.63) is 12.2 Å². The van der Waals surface area contributed by atoms with Gasteiger partial charge in [0.25, 0.3) is 0 Å². The van der Waals surface area contributed by atoms with E-state index < -0.39 is 0 Å². The molecule has 1 rings (SSSR count). The van der Waals surface area contributed by atoms with Gasteiger partial charge >= 0.3 is 0 Å². The van der Waals surface area contributed by atoms with E-state index in [9.17, 15) is 4.79 Å². The van der Waals surface area contributed by atoms with Crippen LogP contribution in [0.25, 0.3) is 0 Å². The summed E-state index contributed by atoms with van der Waals surface area (Å²) in [5, 5.41) is 2.86. The fourth-order valence-corrected chi connectivity index (χ4v) is 2.88. The Morgan fingerprint density at radius 3 is 2.59 bits per heavy atom. The summed E-state index contributed by atoms with van der Waals surface area (Å²) >= 11 is 0. The first-order valence-electron chi connectivity index (χ1n) is 6.80. The third-order valence-electron chi connectivity index (χ3n) is 3.46. The maximum atomic E-state index is 12.3. The summed E-state index contributed by atoms with van der Waals surface area (Å²) in [6.45, 7) is 6.64. The molecule has 0 radical (unpaired) electrons. The number of carbonyl (C=O) groups excluding carboxylic acids is 1. The molecule has 0 aromatic carbocycles. The predicted octanol–water partition coefficient (Wildman–Crippen LogP) is 3.68. The van der Waals surface area contributed by atoms with Gasteiger partial charge < -0.3 is 5.32 Å². The third-order valence-corrected chi connectivity index (χ3v) is 3.46. The van der Waals surface area contributed by atoms with E-state index in [0.717, 1.165) is 25.7 Å². The summed E-state index contributed by atoms with van der Waals surface area (Å²) < 4.78 is 0. The lowest BCUT2D eigenvalue weighted by Gasteiger charge is -2.36. The van der Waals surface area contributed by atoms with Crippen LogP contribution in [0, 0.1) is 10.8 Å². The summed E-state index contributed by atoms with van der Waals surface area (Å²) in [7, 11) is 1.75. The average molecular weight is 237 g/mol. The minimum Gasteiger partial charge on any atom is -0.358 e. The van der Waals surface area contributed by atoms with Gasteiger partial charge in [-0.25, -0.2) is 0 Å². The molecule has 0 aliphatic heterocycles. The largest absolute Gasteiger partial charge is 0.358 e. The Hall–Kier alpha value is -0.790. The van der Waals surface area contributed by atoms with E-state index in [1.54, 1.807) is 7.05 Å². The molecule has 0 bridgehead atoms. The van der Waals surface area contributed by atoms with Crippen LogP contribution in [0.2, 0.25) is 0 Å². The zero-order chi connectivity index (χ0) is 12.9. The molecule has 0 spiro atoms. The maximum absolute atomic E-state index is 12.3. The summed E-state index contributed by atoms with van der Waals surface area (Å²) in [4.78, 5) is 12.3. The Morgan fingerprint density at radius 1 is 1.29 bits per heavy atom. The highest BCUT2D eigenvalue weighted by molar-refractivity contribution is 5.84. The molecule has 98 valence electrons. The standard InChI is InChI=1S/C15H27NO/c1-14(2,3)12-15(13(17)16-4)10-8-6-5-7-9-11-15/h8,10H,5-7,9,11-12H2,1-4H3,(H,16,17)/b10-8+. The summed E-state index contributed by atoms with van der Waals surface area (Å²) in [5.74, 6) is 0.186. The van der Waals surface area contributed by atoms with Crippen molar-refractivity contribution in [1.29, 1.82) is 0 Å². The average Bonchev–Trinajstić information content (AvgIpc) is 2.19. The van der Waals surface area contributed by atoms with Crippen molar-refractivity contribution in [2.24, 2.45) is 10.8 Å². The zero-order valence-electron chi connectivity index (χ0n) is 11.8. The van der Waals surface area contributed by atoms with E-state index in [2.05, 4.69) is 38.2 Å². The number of rotatable bonds is 2. The van der Waals surface area contributed by atoms with Gasteiger partial charge in [0, 0.05) is 7.05 Å². The molecule has 1 amide bonds. The number of allylic oxidation sites excluding steroid dienone is 1. The summed E-state index contributed by atoms with van der Waals surface area (Å²) in [6.07, 6.45) is 11.1. The second-order valence-electron chi connectivity index (χ2n) is 6.47. The number of amides is 1. The number of carbonyl (C=O) groups is 1. The fourth-order valence-electron chi connectivity index (χ4n) is 2.88. The van der Waals surface area contributed by atoms with Gasteiger partial charge in [0.1, 0.15) is 0 Å². The quantitative estimate of drug-likeness (QED) is 0.729. The van der Waals surface area contributed by atoms with Crippen molar-refractivity contribution in [2.45, 2.75) is 59.3 Å². The molecule has 2 heteroatoms. The first kappa shape index (κ1) is 14.3. The fraction of sp³-hybridized carbons (Fsp3) is 0.800. The Kier molecular flexibility index (Phi) is 4.79. The monoisotopic (exact) mass is 237 g/mol. The van der Waals surface area contributed by atoms with Crippen molar-refractivity contribution in [2.75, 3.05) is 7.05 Å². The van der Waals surface area contributed by atoms with Crippen LogP contribution in [-0.4, -0.2) is 13.0 Å². The second-order valence-corrected chi connectivity index (χ2v) is 6.47. The lowest BCUT2D eigenvalue weighted by molar-refractivity contribution is -0.130. The molecule has 0 saturated heterocycles. The molecule has 0 fully saturated rings. The molecular weight excluding hydrogens is 210 g/mol. The maximum Gasteiger partial charge on any atom is 0.229 e. The van der Waals surface area contributed by atoms with Crippen LogP contribution >= 0.6 is 0 Å². The SMILES string of the molecule is CNC(=O)C1(CC(C)(C)C)/C=C/CCCCC1. The molecule has 2 nitrogen and oxygen atoms in total. The van der Waals surface area contributed by atoms with Gasteiger partial charge in [-0.3, -0.25) is 4.79 Å². The van der Waals surface area contributed by atoms with Gasteiger partial charge in [0.15, 0.2) is 0 Å². The van der Waals surface area contributed by atoms with Crippen LogP contribution in [0.4, 0.5) is 0 Å². The van der Waals surface area contributed by atoms with Crippen molar-refractivity contribution >= 4 is 5.91 Å². The Bertz CT molecular complexity index is 288.